The number of benzene rings is 2. The summed E-state index contributed by atoms with van der Waals surface area (Å²) in [7, 11) is 0. The number of non-ortho nitro benzene ring substituents is 1. The molecule has 0 atom stereocenters. The van der Waals surface area contributed by atoms with E-state index in [0.717, 1.165) is 12.1 Å². The first-order valence-corrected chi connectivity index (χ1v) is 7.57. The molecule has 1 amide bonds. The number of nitro groups is 2. The molecule has 24 heavy (non-hydrogen) atoms. The first-order chi connectivity index (χ1) is 11.2. The minimum absolute atomic E-state index is 0.0244. The zero-order chi connectivity index (χ0) is 18.0. The molecule has 10 heteroatoms. The average Bonchev–Trinajstić information content (AvgIpc) is 2.49. The van der Waals surface area contributed by atoms with Crippen molar-refractivity contribution in [2.75, 3.05) is 5.32 Å². The van der Waals surface area contributed by atoms with Gasteiger partial charge >= 0.3 is 0 Å². The Kier molecular flexibility index (Phi) is 5.15. The number of hydrogen-bond acceptors (Lipinski definition) is 5. The molecule has 0 saturated carbocycles. The molecule has 0 aromatic heterocycles. The van der Waals surface area contributed by atoms with Crippen LogP contribution in [-0.4, -0.2) is 15.8 Å². The highest BCUT2D eigenvalue weighted by Crippen LogP contribution is 2.30. The van der Waals surface area contributed by atoms with E-state index in [0.29, 0.717) is 4.47 Å². The van der Waals surface area contributed by atoms with Crippen molar-refractivity contribution in [3.8, 4) is 0 Å². The standard InChI is InChI=1S/C14H9BrClN3O5/c1-7-10(5-9(18(21)22)6-13(7)19(23)24)14(20)17-12-3-2-8(15)4-11(12)16/h2-6H,1H3,(H,17,20). The number of rotatable bonds is 4. The molecule has 8 nitrogen and oxygen atoms in total. The Balaban J connectivity index is 2.48. The highest BCUT2D eigenvalue weighted by molar-refractivity contribution is 9.10. The van der Waals surface area contributed by atoms with E-state index in [9.17, 15) is 25.0 Å². The number of halogens is 2. The fraction of sp³-hybridized carbons (Fsp3) is 0.0714. The SMILES string of the molecule is Cc1c(C(=O)Nc2ccc(Br)cc2Cl)cc([N+](=O)[O-])cc1[N+](=O)[O-]. The second-order valence-corrected chi connectivity index (χ2v) is 6.05. The lowest BCUT2D eigenvalue weighted by atomic mass is 10.0. The minimum atomic E-state index is -0.796. The van der Waals surface area contributed by atoms with Crippen molar-refractivity contribution in [2.24, 2.45) is 0 Å². The van der Waals surface area contributed by atoms with Crippen molar-refractivity contribution >= 4 is 50.5 Å². The molecule has 2 aromatic rings. The monoisotopic (exact) mass is 413 g/mol. The summed E-state index contributed by atoms with van der Waals surface area (Å²) in [6.07, 6.45) is 0. The molecule has 0 aliphatic rings. The number of amides is 1. The van der Waals surface area contributed by atoms with Crippen LogP contribution in [0.1, 0.15) is 15.9 Å². The van der Waals surface area contributed by atoms with Crippen molar-refractivity contribution in [1.82, 2.24) is 0 Å². The summed E-state index contributed by atoms with van der Waals surface area (Å²) < 4.78 is 0.702. The molecule has 0 unspecified atom stereocenters. The molecule has 2 aromatic carbocycles. The van der Waals surface area contributed by atoms with Gasteiger partial charge in [-0.1, -0.05) is 27.5 Å². The number of nitrogens with one attached hydrogen (secondary N) is 1. The van der Waals surface area contributed by atoms with Crippen molar-refractivity contribution in [3.05, 3.63) is 71.2 Å². The van der Waals surface area contributed by atoms with Gasteiger partial charge in [0.25, 0.3) is 17.3 Å². The van der Waals surface area contributed by atoms with Gasteiger partial charge in [-0.05, 0) is 25.1 Å². The molecule has 0 fully saturated rings. The maximum Gasteiger partial charge on any atom is 0.279 e. The van der Waals surface area contributed by atoms with Gasteiger partial charge in [-0.2, -0.15) is 0 Å². The summed E-state index contributed by atoms with van der Waals surface area (Å²) in [5.74, 6) is -0.733. The van der Waals surface area contributed by atoms with Crippen LogP contribution in [0, 0.1) is 27.2 Å². The number of nitrogens with zero attached hydrogens (tertiary/aromatic N) is 2. The summed E-state index contributed by atoms with van der Waals surface area (Å²) in [5.41, 5.74) is -0.916. The van der Waals surface area contributed by atoms with E-state index < -0.39 is 27.1 Å². The number of nitro benzene ring substituents is 2. The van der Waals surface area contributed by atoms with Gasteiger partial charge in [-0.15, -0.1) is 0 Å². The molecule has 124 valence electrons. The van der Waals surface area contributed by atoms with E-state index in [2.05, 4.69) is 21.2 Å². The third kappa shape index (κ3) is 3.69. The summed E-state index contributed by atoms with van der Waals surface area (Å²) in [5, 5.41) is 24.7. The van der Waals surface area contributed by atoms with Crippen LogP contribution in [0.25, 0.3) is 0 Å². The largest absolute Gasteiger partial charge is 0.321 e. The number of carbonyl (C=O) groups excluding carboxylic acids is 1. The second kappa shape index (κ2) is 6.93. The molecule has 0 saturated heterocycles. The number of carbonyl (C=O) groups is 1. The zero-order valence-electron chi connectivity index (χ0n) is 12.1. The van der Waals surface area contributed by atoms with Crippen LogP contribution >= 0.6 is 27.5 Å². The van der Waals surface area contributed by atoms with Crippen molar-refractivity contribution in [1.29, 1.82) is 0 Å². The molecule has 0 heterocycles. The van der Waals surface area contributed by atoms with Gasteiger partial charge in [0.2, 0.25) is 0 Å². The Morgan fingerprint density at radius 1 is 1.17 bits per heavy atom. The van der Waals surface area contributed by atoms with Crippen LogP contribution in [0.2, 0.25) is 5.02 Å². The highest BCUT2D eigenvalue weighted by atomic mass is 79.9. The van der Waals surface area contributed by atoms with E-state index in [4.69, 9.17) is 11.6 Å². The predicted octanol–water partition coefficient (Wildman–Crippen LogP) is 4.48. The van der Waals surface area contributed by atoms with Crippen LogP contribution in [-0.2, 0) is 0 Å². The van der Waals surface area contributed by atoms with E-state index >= 15 is 0 Å². The van der Waals surface area contributed by atoms with Crippen molar-refractivity contribution in [3.63, 3.8) is 0 Å². The first kappa shape index (κ1) is 17.8. The van der Waals surface area contributed by atoms with Gasteiger partial charge in [-0.25, -0.2) is 0 Å². The lowest BCUT2D eigenvalue weighted by molar-refractivity contribution is -0.394. The fourth-order valence-corrected chi connectivity index (χ4v) is 2.72. The van der Waals surface area contributed by atoms with Crippen LogP contribution in [0.3, 0.4) is 0 Å². The average molecular weight is 415 g/mol. The Morgan fingerprint density at radius 3 is 2.38 bits per heavy atom. The molecule has 0 aliphatic heterocycles. The Morgan fingerprint density at radius 2 is 1.83 bits per heavy atom. The maximum absolute atomic E-state index is 12.4. The van der Waals surface area contributed by atoms with E-state index in [-0.39, 0.29) is 21.8 Å². The second-order valence-electron chi connectivity index (χ2n) is 4.73. The summed E-state index contributed by atoms with van der Waals surface area (Å²) >= 11 is 9.23. The maximum atomic E-state index is 12.4. The summed E-state index contributed by atoms with van der Waals surface area (Å²) in [6.45, 7) is 1.35. The van der Waals surface area contributed by atoms with Crippen LogP contribution < -0.4 is 5.32 Å². The number of hydrogen-bond donors (Lipinski definition) is 1. The Labute approximate surface area is 148 Å². The van der Waals surface area contributed by atoms with Crippen LogP contribution in [0.15, 0.2) is 34.8 Å². The molecular weight excluding hydrogens is 406 g/mol. The summed E-state index contributed by atoms with van der Waals surface area (Å²) in [4.78, 5) is 32.8. The van der Waals surface area contributed by atoms with Crippen LogP contribution in [0.5, 0.6) is 0 Å². The van der Waals surface area contributed by atoms with Gasteiger partial charge in [0, 0.05) is 16.1 Å². The third-order valence-corrected chi connectivity index (χ3v) is 4.00. The fourth-order valence-electron chi connectivity index (χ4n) is 2.00. The Bertz CT molecular complexity index is 872. The first-order valence-electron chi connectivity index (χ1n) is 6.40. The van der Waals surface area contributed by atoms with E-state index in [1.165, 1.54) is 13.0 Å². The molecule has 1 N–H and O–H groups in total. The highest BCUT2D eigenvalue weighted by Gasteiger charge is 2.25. The lowest BCUT2D eigenvalue weighted by Crippen LogP contribution is -2.15. The minimum Gasteiger partial charge on any atom is -0.321 e. The van der Waals surface area contributed by atoms with Crippen molar-refractivity contribution in [2.45, 2.75) is 6.92 Å². The van der Waals surface area contributed by atoms with E-state index in [1.807, 2.05) is 0 Å². The molecule has 0 spiro atoms. The van der Waals surface area contributed by atoms with E-state index in [1.54, 1.807) is 12.1 Å². The molecular formula is C14H9BrClN3O5. The normalized spacial score (nSPS) is 10.3. The van der Waals surface area contributed by atoms with Crippen LogP contribution in [0.4, 0.5) is 17.1 Å². The lowest BCUT2D eigenvalue weighted by Gasteiger charge is -2.10. The molecule has 0 radical (unpaired) electrons. The topological polar surface area (TPSA) is 115 Å². The zero-order valence-corrected chi connectivity index (χ0v) is 14.4. The predicted molar refractivity (Wildman–Crippen MR) is 91.6 cm³/mol. The molecule has 2 rings (SSSR count). The van der Waals surface area contributed by atoms with Gasteiger partial charge < -0.3 is 5.32 Å². The Hall–Kier alpha value is -2.52. The smallest absolute Gasteiger partial charge is 0.279 e. The van der Waals surface area contributed by atoms with Gasteiger partial charge in [0.05, 0.1) is 32.2 Å². The molecule has 0 aliphatic carbocycles. The summed E-state index contributed by atoms with van der Waals surface area (Å²) in [6, 6.07) is 6.54. The van der Waals surface area contributed by atoms with Gasteiger partial charge in [0.15, 0.2) is 0 Å². The van der Waals surface area contributed by atoms with Crippen molar-refractivity contribution < 1.29 is 14.6 Å². The van der Waals surface area contributed by atoms with Gasteiger partial charge in [0.1, 0.15) is 0 Å². The van der Waals surface area contributed by atoms with Gasteiger partial charge in [-0.3, -0.25) is 25.0 Å². The molecule has 0 bridgehead atoms. The quantitative estimate of drug-likeness (QED) is 0.585. The number of anilines is 1. The third-order valence-electron chi connectivity index (χ3n) is 3.20.